The first kappa shape index (κ1) is 16.4. The van der Waals surface area contributed by atoms with Crippen molar-refractivity contribution in [2.75, 3.05) is 50.9 Å². The van der Waals surface area contributed by atoms with Crippen LogP contribution in [0.5, 0.6) is 0 Å². The third kappa shape index (κ3) is 3.88. The van der Waals surface area contributed by atoms with Gasteiger partial charge >= 0.3 is 0 Å². The van der Waals surface area contributed by atoms with Crippen LogP contribution in [0.15, 0.2) is 59.5 Å². The molecule has 0 unspecified atom stereocenters. The molecule has 0 amide bonds. The molecule has 1 saturated heterocycles. The molecule has 1 aliphatic carbocycles. The van der Waals surface area contributed by atoms with Gasteiger partial charge in [0, 0.05) is 57.6 Å². The van der Waals surface area contributed by atoms with E-state index in [0.717, 1.165) is 50.8 Å². The Morgan fingerprint density at radius 1 is 1.12 bits per heavy atom. The molecular formula is C18H22N4O2. The zero-order chi connectivity index (χ0) is 16.8. The maximum absolute atomic E-state index is 9.91. The summed E-state index contributed by atoms with van der Waals surface area (Å²) in [6, 6.07) is 5.69. The maximum atomic E-state index is 9.91. The first-order valence-electron chi connectivity index (χ1n) is 8.13. The van der Waals surface area contributed by atoms with Gasteiger partial charge in [-0.1, -0.05) is 17.5 Å². The Balaban J connectivity index is 1.49. The first-order valence-corrected chi connectivity index (χ1v) is 8.13. The maximum Gasteiger partial charge on any atom is 0.147 e. The fourth-order valence-electron chi connectivity index (χ4n) is 2.89. The van der Waals surface area contributed by atoms with Gasteiger partial charge in [0.15, 0.2) is 0 Å². The molecular weight excluding hydrogens is 304 g/mol. The second-order valence-corrected chi connectivity index (χ2v) is 5.77. The van der Waals surface area contributed by atoms with E-state index in [2.05, 4.69) is 26.2 Å². The molecule has 0 spiro atoms. The lowest BCUT2D eigenvalue weighted by molar-refractivity contribution is 0.158. The van der Waals surface area contributed by atoms with Crippen molar-refractivity contribution in [3.05, 3.63) is 59.5 Å². The zero-order valence-corrected chi connectivity index (χ0v) is 13.6. The highest BCUT2D eigenvalue weighted by atomic mass is 16.3. The molecule has 0 aromatic carbocycles. The summed E-state index contributed by atoms with van der Waals surface area (Å²) in [6.07, 6.45) is 5.06. The number of pyridine rings is 1. The van der Waals surface area contributed by atoms with Crippen LogP contribution < -0.4 is 4.90 Å². The number of aliphatic hydroxyl groups excluding tert-OH is 2. The lowest BCUT2D eigenvalue weighted by Gasteiger charge is -2.37. The number of allylic oxidation sites excluding steroid dienone is 2. The van der Waals surface area contributed by atoms with Crippen LogP contribution in [-0.4, -0.2) is 71.0 Å². The molecule has 0 radical (unpaired) electrons. The Kier molecular flexibility index (Phi) is 5.36. The Hall–Kier alpha value is -2.49. The van der Waals surface area contributed by atoms with E-state index in [0.29, 0.717) is 0 Å². The standard InChI is InChI=1S/C18H22N4O2/c23-15-22(18-7-3-4-8-19-18)14-11-20-9-12-21(13-10-20)16-5-1-2-6-17(16)24/h3-8,23-24H,9-15H2. The van der Waals surface area contributed by atoms with Crippen LogP contribution in [0.2, 0.25) is 0 Å². The summed E-state index contributed by atoms with van der Waals surface area (Å²) in [4.78, 5) is 10.7. The van der Waals surface area contributed by atoms with Crippen LogP contribution in [0.3, 0.4) is 0 Å². The summed E-state index contributed by atoms with van der Waals surface area (Å²) in [5.74, 6) is 1.04. The van der Waals surface area contributed by atoms with Crippen LogP contribution in [-0.2, 0) is 0 Å². The fourth-order valence-corrected chi connectivity index (χ4v) is 2.89. The molecule has 1 aromatic heterocycles. The molecule has 6 nitrogen and oxygen atoms in total. The van der Waals surface area contributed by atoms with Crippen LogP contribution in [0.1, 0.15) is 0 Å². The number of hydrogen-bond acceptors (Lipinski definition) is 6. The molecule has 1 aliphatic heterocycles. The molecule has 1 fully saturated rings. The topological polar surface area (TPSA) is 63.1 Å². The first-order chi connectivity index (χ1) is 11.8. The minimum absolute atomic E-state index is 0.0405. The summed E-state index contributed by atoms with van der Waals surface area (Å²) >= 11 is 0. The lowest BCUT2D eigenvalue weighted by Crippen LogP contribution is -2.48. The summed E-state index contributed by atoms with van der Waals surface area (Å²) < 4.78 is 0. The molecule has 6 heteroatoms. The van der Waals surface area contributed by atoms with E-state index in [9.17, 15) is 10.2 Å². The van der Waals surface area contributed by atoms with Gasteiger partial charge in [-0.2, -0.15) is 0 Å². The minimum Gasteiger partial charge on any atom is -0.505 e. The van der Waals surface area contributed by atoms with Gasteiger partial charge in [0.25, 0.3) is 0 Å². The van der Waals surface area contributed by atoms with Gasteiger partial charge in [0.1, 0.15) is 18.3 Å². The minimum atomic E-state index is -0.0405. The SMILES string of the molecule is OCN(CCN1CCN(C2=C(O)C=C=C=C2)CC1)c1ccccn1. The van der Waals surface area contributed by atoms with Gasteiger partial charge < -0.3 is 20.0 Å². The summed E-state index contributed by atoms with van der Waals surface area (Å²) in [7, 11) is 0. The number of nitrogens with zero attached hydrogens (tertiary/aromatic N) is 4. The highest BCUT2D eigenvalue weighted by molar-refractivity contribution is 5.36. The van der Waals surface area contributed by atoms with Crippen LogP contribution in [0, 0.1) is 0 Å². The molecule has 0 atom stereocenters. The van der Waals surface area contributed by atoms with Crippen molar-refractivity contribution in [2.45, 2.75) is 0 Å². The van der Waals surface area contributed by atoms with E-state index in [1.165, 1.54) is 0 Å². The molecule has 0 saturated carbocycles. The molecule has 1 aromatic rings. The van der Waals surface area contributed by atoms with E-state index < -0.39 is 0 Å². The van der Waals surface area contributed by atoms with Gasteiger partial charge in [0.2, 0.25) is 0 Å². The quantitative estimate of drug-likeness (QED) is 0.603. The van der Waals surface area contributed by atoms with E-state index in [-0.39, 0.29) is 12.5 Å². The van der Waals surface area contributed by atoms with Crippen molar-refractivity contribution < 1.29 is 10.2 Å². The number of aliphatic hydroxyl groups is 2. The largest absolute Gasteiger partial charge is 0.505 e. The van der Waals surface area contributed by atoms with E-state index in [1.807, 2.05) is 23.1 Å². The van der Waals surface area contributed by atoms with Gasteiger partial charge in [-0.3, -0.25) is 4.90 Å². The highest BCUT2D eigenvalue weighted by Gasteiger charge is 2.20. The van der Waals surface area contributed by atoms with E-state index in [4.69, 9.17) is 0 Å². The molecule has 3 rings (SSSR count). The number of piperazine rings is 1. The van der Waals surface area contributed by atoms with Crippen molar-refractivity contribution in [1.82, 2.24) is 14.8 Å². The smallest absolute Gasteiger partial charge is 0.147 e. The average Bonchev–Trinajstić information content (AvgIpc) is 2.64. The number of rotatable bonds is 6. The Morgan fingerprint density at radius 2 is 1.92 bits per heavy atom. The summed E-state index contributed by atoms with van der Waals surface area (Å²) in [5.41, 5.74) is 6.47. The van der Waals surface area contributed by atoms with Crippen LogP contribution >= 0.6 is 0 Å². The fraction of sp³-hybridized carbons (Fsp3) is 0.389. The molecule has 0 bridgehead atoms. The summed E-state index contributed by atoms with van der Waals surface area (Å²) in [6.45, 7) is 5.10. The number of anilines is 1. The Morgan fingerprint density at radius 3 is 2.58 bits per heavy atom. The second kappa shape index (κ2) is 7.86. The van der Waals surface area contributed by atoms with Crippen molar-refractivity contribution >= 4 is 5.82 Å². The molecule has 24 heavy (non-hydrogen) atoms. The lowest BCUT2D eigenvalue weighted by atomic mass is 10.2. The van der Waals surface area contributed by atoms with Crippen molar-refractivity contribution in [3.63, 3.8) is 0 Å². The van der Waals surface area contributed by atoms with E-state index in [1.54, 1.807) is 18.3 Å². The second-order valence-electron chi connectivity index (χ2n) is 5.77. The van der Waals surface area contributed by atoms with Crippen molar-refractivity contribution in [3.8, 4) is 0 Å². The predicted octanol–water partition coefficient (Wildman–Crippen LogP) is 1.10. The molecule has 2 heterocycles. The Labute approximate surface area is 141 Å². The normalized spacial score (nSPS) is 17.6. The Bertz CT molecular complexity index is 680. The zero-order valence-electron chi connectivity index (χ0n) is 13.6. The number of hydrogen-bond donors (Lipinski definition) is 2. The van der Waals surface area contributed by atoms with E-state index >= 15 is 0 Å². The highest BCUT2D eigenvalue weighted by Crippen LogP contribution is 2.16. The predicted molar refractivity (Wildman–Crippen MR) is 92.5 cm³/mol. The third-order valence-electron chi connectivity index (χ3n) is 4.31. The van der Waals surface area contributed by atoms with Gasteiger partial charge in [-0.25, -0.2) is 4.98 Å². The van der Waals surface area contributed by atoms with Crippen molar-refractivity contribution in [1.29, 1.82) is 0 Å². The monoisotopic (exact) mass is 326 g/mol. The van der Waals surface area contributed by atoms with Gasteiger partial charge in [-0.15, -0.1) is 0 Å². The molecule has 2 N–H and O–H groups in total. The van der Waals surface area contributed by atoms with Crippen molar-refractivity contribution in [2.24, 2.45) is 0 Å². The molecule has 126 valence electrons. The molecule has 2 aliphatic rings. The average molecular weight is 326 g/mol. The summed E-state index contributed by atoms with van der Waals surface area (Å²) in [5, 5.41) is 19.5. The van der Waals surface area contributed by atoms with Crippen LogP contribution in [0.25, 0.3) is 0 Å². The van der Waals surface area contributed by atoms with Gasteiger partial charge in [-0.05, 0) is 12.1 Å². The van der Waals surface area contributed by atoms with Gasteiger partial charge in [0.05, 0.1) is 5.70 Å². The third-order valence-corrected chi connectivity index (χ3v) is 4.31. The van der Waals surface area contributed by atoms with Crippen LogP contribution in [0.4, 0.5) is 5.82 Å². The number of aromatic nitrogens is 1.